The maximum Gasteiger partial charge on any atom is 0.165 e. The van der Waals surface area contributed by atoms with Crippen LogP contribution in [0.25, 0.3) is 0 Å². The summed E-state index contributed by atoms with van der Waals surface area (Å²) in [4.78, 5) is 0. The summed E-state index contributed by atoms with van der Waals surface area (Å²) in [5.74, 6) is 4.30. The van der Waals surface area contributed by atoms with Crippen LogP contribution in [-0.2, 0) is 16.6 Å². The monoisotopic (exact) mass is 485 g/mol. The lowest BCUT2D eigenvalue weighted by atomic mass is 9.53. The van der Waals surface area contributed by atoms with Crippen LogP contribution in [-0.4, -0.2) is 39.0 Å². The number of nitrogens with one attached hydrogen (secondary N) is 1. The fourth-order valence-corrected chi connectivity index (χ4v) is 7.07. The predicted molar refractivity (Wildman–Crippen MR) is 145 cm³/mol. The summed E-state index contributed by atoms with van der Waals surface area (Å²) in [6.45, 7) is 19.3. The highest BCUT2D eigenvalue weighted by molar-refractivity contribution is 5.59. The predicted octanol–water partition coefficient (Wildman–Crippen LogP) is 6.78. The number of ether oxygens (including phenoxy) is 3. The summed E-state index contributed by atoms with van der Waals surface area (Å²) in [5.41, 5.74) is 2.99. The highest BCUT2D eigenvalue weighted by Crippen LogP contribution is 2.61. The molecule has 0 saturated heterocycles. The van der Waals surface area contributed by atoms with E-state index in [1.54, 1.807) is 0 Å². The maximum atomic E-state index is 7.06. The minimum Gasteiger partial charge on any atom is -0.490 e. The van der Waals surface area contributed by atoms with Crippen LogP contribution in [0.3, 0.4) is 0 Å². The number of hydrogen-bond acceptors (Lipinski definition) is 4. The van der Waals surface area contributed by atoms with Gasteiger partial charge in [0.2, 0.25) is 0 Å². The van der Waals surface area contributed by atoms with Gasteiger partial charge in [-0.25, -0.2) is 0 Å². The van der Waals surface area contributed by atoms with Crippen LogP contribution in [0.1, 0.15) is 91.7 Å². The quantitative estimate of drug-likeness (QED) is 0.375. The zero-order chi connectivity index (χ0) is 25.4. The SMILES string of the molecule is CCCOc1ccc(CC)c2c1O[C@H]1[C@H](OC)[C@@H]([C@@H](C)C(C)(C)C)CC(CNCC3CC3)[C@@]21CC. The highest BCUT2D eigenvalue weighted by Gasteiger charge is 2.62. The molecule has 1 unspecified atom stereocenters. The first-order valence-electron chi connectivity index (χ1n) is 14.4. The van der Waals surface area contributed by atoms with Crippen molar-refractivity contribution in [1.82, 2.24) is 5.32 Å². The van der Waals surface area contributed by atoms with E-state index in [1.807, 2.05) is 7.11 Å². The lowest BCUT2D eigenvalue weighted by Gasteiger charge is -2.54. The number of aryl methyl sites for hydroxylation is 1. The van der Waals surface area contributed by atoms with Crippen LogP contribution in [0.2, 0.25) is 0 Å². The van der Waals surface area contributed by atoms with Gasteiger partial charge in [-0.1, -0.05) is 54.5 Å². The third-order valence-corrected chi connectivity index (χ3v) is 9.66. The second-order valence-corrected chi connectivity index (χ2v) is 12.6. The van der Waals surface area contributed by atoms with Crippen LogP contribution in [0, 0.1) is 29.1 Å². The molecule has 0 amide bonds. The lowest BCUT2D eigenvalue weighted by molar-refractivity contribution is -0.128. The van der Waals surface area contributed by atoms with Crippen molar-refractivity contribution in [2.45, 2.75) is 105 Å². The molecule has 4 rings (SSSR count). The van der Waals surface area contributed by atoms with Crippen molar-refractivity contribution in [2.24, 2.45) is 29.1 Å². The van der Waals surface area contributed by atoms with E-state index in [0.717, 1.165) is 56.4 Å². The first-order chi connectivity index (χ1) is 16.7. The standard InChI is InChI=1S/C31H51NO3/c1-9-16-34-25-15-14-22(10-2)26-28(25)35-29-27(33-8)24(20(4)30(5,6)7)17-23(31(26,29)11-3)19-32-18-21-12-13-21/h14-15,20-21,23-24,27,29,32H,9-13,16-19H2,1-8H3/t20-,23?,24-,27-,29+,31+/m1/s1. The van der Waals surface area contributed by atoms with Crippen molar-refractivity contribution in [3.63, 3.8) is 0 Å². The Kier molecular flexibility index (Phi) is 8.13. The van der Waals surface area contributed by atoms with Crippen LogP contribution in [0.4, 0.5) is 0 Å². The summed E-state index contributed by atoms with van der Waals surface area (Å²) >= 11 is 0. The first-order valence-corrected chi connectivity index (χ1v) is 14.4. The van der Waals surface area contributed by atoms with Crippen molar-refractivity contribution in [3.05, 3.63) is 23.3 Å². The Hall–Kier alpha value is -1.26. The summed E-state index contributed by atoms with van der Waals surface area (Å²) < 4.78 is 19.7. The average Bonchev–Trinajstić information content (AvgIpc) is 3.59. The number of fused-ring (bicyclic) bond motifs is 3. The molecule has 6 atom stereocenters. The van der Waals surface area contributed by atoms with E-state index in [0.29, 0.717) is 17.8 Å². The second kappa shape index (κ2) is 10.6. The molecule has 3 aliphatic rings. The third kappa shape index (κ3) is 4.87. The zero-order valence-corrected chi connectivity index (χ0v) is 23.7. The van der Waals surface area contributed by atoms with Crippen LogP contribution in [0.15, 0.2) is 12.1 Å². The van der Waals surface area contributed by atoms with Crippen LogP contribution in [0.5, 0.6) is 11.5 Å². The van der Waals surface area contributed by atoms with E-state index >= 15 is 0 Å². The van der Waals surface area contributed by atoms with Gasteiger partial charge in [0.15, 0.2) is 11.5 Å². The topological polar surface area (TPSA) is 39.7 Å². The Bertz CT molecular complexity index is 858. The summed E-state index contributed by atoms with van der Waals surface area (Å²) in [5, 5.41) is 3.91. The van der Waals surface area contributed by atoms with Gasteiger partial charge in [-0.15, -0.1) is 0 Å². The molecule has 35 heavy (non-hydrogen) atoms. The number of methoxy groups -OCH3 is 1. The third-order valence-electron chi connectivity index (χ3n) is 9.66. The maximum absolute atomic E-state index is 7.06. The van der Waals surface area contributed by atoms with E-state index in [-0.39, 0.29) is 23.0 Å². The molecular weight excluding hydrogens is 434 g/mol. The molecule has 0 aromatic heterocycles. The van der Waals surface area contributed by atoms with E-state index in [9.17, 15) is 0 Å². The minimum atomic E-state index is -0.0579. The Morgan fingerprint density at radius 1 is 1.14 bits per heavy atom. The highest BCUT2D eigenvalue weighted by atomic mass is 16.6. The molecule has 0 radical (unpaired) electrons. The number of hydrogen-bond donors (Lipinski definition) is 1. The van der Waals surface area contributed by atoms with Gasteiger partial charge in [0.1, 0.15) is 6.10 Å². The van der Waals surface area contributed by atoms with Crippen LogP contribution < -0.4 is 14.8 Å². The van der Waals surface area contributed by atoms with Gasteiger partial charge in [0.25, 0.3) is 0 Å². The Morgan fingerprint density at radius 2 is 1.89 bits per heavy atom. The normalized spacial score (nSPS) is 31.0. The van der Waals surface area contributed by atoms with Crippen molar-refractivity contribution in [2.75, 3.05) is 26.8 Å². The fraction of sp³-hybridized carbons (Fsp3) is 0.806. The Morgan fingerprint density at radius 3 is 2.46 bits per heavy atom. The van der Waals surface area contributed by atoms with Gasteiger partial charge in [-0.2, -0.15) is 0 Å². The molecule has 0 spiro atoms. The van der Waals surface area contributed by atoms with E-state index in [1.165, 1.54) is 30.4 Å². The molecule has 1 aliphatic heterocycles. The van der Waals surface area contributed by atoms with Gasteiger partial charge in [0, 0.05) is 18.1 Å². The molecule has 2 aliphatic carbocycles. The van der Waals surface area contributed by atoms with Crippen molar-refractivity contribution >= 4 is 0 Å². The second-order valence-electron chi connectivity index (χ2n) is 12.6. The minimum absolute atomic E-state index is 0.0143. The van der Waals surface area contributed by atoms with Gasteiger partial charge >= 0.3 is 0 Å². The summed E-state index contributed by atoms with van der Waals surface area (Å²) in [6.07, 6.45) is 7.09. The summed E-state index contributed by atoms with van der Waals surface area (Å²) in [6, 6.07) is 4.44. The molecule has 2 saturated carbocycles. The Labute approximate surface area is 214 Å². The van der Waals surface area contributed by atoms with Gasteiger partial charge in [-0.3, -0.25) is 0 Å². The van der Waals surface area contributed by atoms with Crippen molar-refractivity contribution in [3.8, 4) is 11.5 Å². The molecule has 1 heterocycles. The molecule has 2 fully saturated rings. The van der Waals surface area contributed by atoms with E-state index in [2.05, 4.69) is 65.9 Å². The molecule has 1 aromatic carbocycles. The first kappa shape index (κ1) is 26.8. The average molecular weight is 486 g/mol. The van der Waals surface area contributed by atoms with Crippen molar-refractivity contribution in [1.29, 1.82) is 0 Å². The molecule has 1 aromatic rings. The summed E-state index contributed by atoms with van der Waals surface area (Å²) in [7, 11) is 1.90. The fourth-order valence-electron chi connectivity index (χ4n) is 7.07. The van der Waals surface area contributed by atoms with Gasteiger partial charge in [0.05, 0.1) is 12.7 Å². The lowest BCUT2D eigenvalue weighted by Crippen LogP contribution is -2.61. The van der Waals surface area contributed by atoms with E-state index < -0.39 is 0 Å². The van der Waals surface area contributed by atoms with E-state index in [4.69, 9.17) is 14.2 Å². The molecule has 4 heteroatoms. The molecular formula is C31H51NO3. The number of benzene rings is 1. The largest absolute Gasteiger partial charge is 0.490 e. The molecule has 0 bridgehead atoms. The molecule has 4 nitrogen and oxygen atoms in total. The number of rotatable bonds is 11. The molecule has 1 N–H and O–H groups in total. The molecule has 198 valence electrons. The Balaban J connectivity index is 1.81. The zero-order valence-electron chi connectivity index (χ0n) is 23.7. The smallest absolute Gasteiger partial charge is 0.165 e. The van der Waals surface area contributed by atoms with Crippen molar-refractivity contribution < 1.29 is 14.2 Å². The van der Waals surface area contributed by atoms with Gasteiger partial charge in [-0.05, 0) is 92.3 Å². The van der Waals surface area contributed by atoms with Gasteiger partial charge < -0.3 is 19.5 Å². The van der Waals surface area contributed by atoms with Crippen LogP contribution >= 0.6 is 0 Å².